The highest BCUT2D eigenvalue weighted by Crippen LogP contribution is 2.35. The molecular formula is C20H18F4N2O3. The van der Waals surface area contributed by atoms with E-state index in [1.807, 2.05) is 0 Å². The Morgan fingerprint density at radius 3 is 2.59 bits per heavy atom. The molecule has 0 saturated carbocycles. The van der Waals surface area contributed by atoms with Crippen molar-refractivity contribution in [1.82, 2.24) is 10.6 Å². The van der Waals surface area contributed by atoms with Crippen molar-refractivity contribution in [1.29, 1.82) is 0 Å². The Labute approximate surface area is 164 Å². The summed E-state index contributed by atoms with van der Waals surface area (Å²) in [6.07, 6.45) is -4.04. The Morgan fingerprint density at radius 1 is 1.17 bits per heavy atom. The second-order valence-corrected chi connectivity index (χ2v) is 6.73. The first kappa shape index (κ1) is 20.6. The maximum absolute atomic E-state index is 13.3. The number of rotatable bonds is 4. The predicted molar refractivity (Wildman–Crippen MR) is 96.2 cm³/mol. The van der Waals surface area contributed by atoms with Crippen molar-refractivity contribution in [3.63, 3.8) is 0 Å². The van der Waals surface area contributed by atoms with Crippen LogP contribution in [0, 0.1) is 12.7 Å². The van der Waals surface area contributed by atoms with Gasteiger partial charge in [-0.1, -0.05) is 0 Å². The maximum atomic E-state index is 13.3. The van der Waals surface area contributed by atoms with Gasteiger partial charge in [0.15, 0.2) is 0 Å². The summed E-state index contributed by atoms with van der Waals surface area (Å²) in [4.78, 5) is 24.1. The van der Waals surface area contributed by atoms with E-state index in [9.17, 15) is 27.2 Å². The van der Waals surface area contributed by atoms with Crippen LogP contribution in [0.3, 0.4) is 0 Å². The Hall–Kier alpha value is -3.10. The van der Waals surface area contributed by atoms with E-state index < -0.39 is 29.5 Å². The molecule has 0 aliphatic carbocycles. The van der Waals surface area contributed by atoms with E-state index >= 15 is 0 Å². The van der Waals surface area contributed by atoms with Gasteiger partial charge in [-0.15, -0.1) is 0 Å². The lowest BCUT2D eigenvalue weighted by molar-refractivity contribution is -0.137. The molecule has 2 amide bonds. The number of piperidine rings is 1. The molecular weight excluding hydrogens is 392 g/mol. The smallest absolute Gasteiger partial charge is 0.416 e. The van der Waals surface area contributed by atoms with Crippen LogP contribution in [-0.2, 0) is 11.0 Å². The van der Waals surface area contributed by atoms with Crippen LogP contribution in [0.1, 0.15) is 34.3 Å². The van der Waals surface area contributed by atoms with Crippen molar-refractivity contribution in [3.05, 3.63) is 58.9 Å². The van der Waals surface area contributed by atoms with Crippen LogP contribution in [0.5, 0.6) is 11.5 Å². The number of benzene rings is 2. The lowest BCUT2D eigenvalue weighted by atomic mass is 10.0. The molecule has 1 heterocycles. The van der Waals surface area contributed by atoms with Crippen molar-refractivity contribution in [2.45, 2.75) is 32.0 Å². The molecule has 2 N–H and O–H groups in total. The Balaban J connectivity index is 1.92. The largest absolute Gasteiger partial charge is 0.456 e. The molecule has 0 spiro atoms. The molecule has 9 heteroatoms. The van der Waals surface area contributed by atoms with Gasteiger partial charge in [0.05, 0.1) is 11.1 Å². The highest BCUT2D eigenvalue weighted by atomic mass is 19.4. The number of carbonyl (C=O) groups excluding carboxylic acids is 2. The SMILES string of the molecule is Cc1cc(F)ccc1Oc1cc(C(F)(F)F)ccc1C(=O)NC1CCNC(=O)C1. The highest BCUT2D eigenvalue weighted by molar-refractivity contribution is 5.97. The lowest BCUT2D eigenvalue weighted by Crippen LogP contribution is -2.45. The number of hydrogen-bond acceptors (Lipinski definition) is 3. The summed E-state index contributed by atoms with van der Waals surface area (Å²) in [6.45, 7) is 1.93. The van der Waals surface area contributed by atoms with Crippen molar-refractivity contribution >= 4 is 11.8 Å². The summed E-state index contributed by atoms with van der Waals surface area (Å²) in [5.41, 5.74) is -0.744. The third-order valence-corrected chi connectivity index (χ3v) is 4.49. The minimum atomic E-state index is -4.63. The van der Waals surface area contributed by atoms with E-state index in [2.05, 4.69) is 10.6 Å². The van der Waals surface area contributed by atoms with Crippen molar-refractivity contribution in [2.75, 3.05) is 6.54 Å². The number of ether oxygens (including phenoxy) is 1. The Kier molecular flexibility index (Phi) is 5.76. The molecule has 1 fully saturated rings. The topological polar surface area (TPSA) is 67.4 Å². The zero-order valence-corrected chi connectivity index (χ0v) is 15.4. The summed E-state index contributed by atoms with van der Waals surface area (Å²) in [7, 11) is 0. The molecule has 0 aromatic heterocycles. The van der Waals surface area contributed by atoms with Gasteiger partial charge in [0.2, 0.25) is 5.91 Å². The quantitative estimate of drug-likeness (QED) is 0.750. The van der Waals surface area contributed by atoms with E-state index in [-0.39, 0.29) is 29.4 Å². The van der Waals surface area contributed by atoms with Gasteiger partial charge in [0.25, 0.3) is 5.91 Å². The highest BCUT2D eigenvalue weighted by Gasteiger charge is 2.32. The standard InChI is InChI=1S/C20H18F4N2O3/c1-11-8-13(21)3-5-16(11)29-17-9-12(20(22,23)24)2-4-15(17)19(28)26-14-6-7-25-18(27)10-14/h2-5,8-9,14H,6-7,10H2,1H3,(H,25,27)(H,26,28). The fourth-order valence-electron chi connectivity index (χ4n) is 2.99. The normalized spacial score (nSPS) is 16.9. The van der Waals surface area contributed by atoms with Gasteiger partial charge in [-0.25, -0.2) is 4.39 Å². The molecule has 1 unspecified atom stereocenters. The van der Waals surface area contributed by atoms with E-state index in [0.717, 1.165) is 24.3 Å². The average molecular weight is 410 g/mol. The molecule has 0 bridgehead atoms. The molecule has 5 nitrogen and oxygen atoms in total. The minimum absolute atomic E-state index is 0.0830. The molecule has 1 aliphatic heterocycles. The monoisotopic (exact) mass is 410 g/mol. The van der Waals surface area contributed by atoms with E-state index in [1.165, 1.54) is 19.1 Å². The van der Waals surface area contributed by atoms with Gasteiger partial charge in [-0.05, 0) is 55.3 Å². The lowest BCUT2D eigenvalue weighted by Gasteiger charge is -2.23. The fraction of sp³-hybridized carbons (Fsp3) is 0.300. The van der Waals surface area contributed by atoms with Gasteiger partial charge >= 0.3 is 6.18 Å². The van der Waals surface area contributed by atoms with Crippen LogP contribution in [0.15, 0.2) is 36.4 Å². The van der Waals surface area contributed by atoms with Gasteiger partial charge in [0, 0.05) is 19.0 Å². The molecule has 2 aromatic carbocycles. The van der Waals surface area contributed by atoms with Gasteiger partial charge in [0.1, 0.15) is 17.3 Å². The first-order chi connectivity index (χ1) is 13.6. The third-order valence-electron chi connectivity index (χ3n) is 4.49. The zero-order valence-electron chi connectivity index (χ0n) is 15.4. The molecule has 1 atom stereocenters. The summed E-state index contributed by atoms with van der Waals surface area (Å²) < 4.78 is 58.3. The number of carbonyl (C=O) groups is 2. The first-order valence-corrected chi connectivity index (χ1v) is 8.86. The fourth-order valence-corrected chi connectivity index (χ4v) is 2.99. The summed E-state index contributed by atoms with van der Waals surface area (Å²) in [6, 6.07) is 5.66. The maximum Gasteiger partial charge on any atom is 0.416 e. The van der Waals surface area contributed by atoms with Crippen molar-refractivity contribution < 1.29 is 31.9 Å². The van der Waals surface area contributed by atoms with Crippen LogP contribution in [0.25, 0.3) is 0 Å². The number of aryl methyl sites for hydroxylation is 1. The van der Waals surface area contributed by atoms with Crippen molar-refractivity contribution in [2.24, 2.45) is 0 Å². The second kappa shape index (κ2) is 8.10. The minimum Gasteiger partial charge on any atom is -0.456 e. The molecule has 3 rings (SSSR count). The van der Waals surface area contributed by atoms with Crippen LogP contribution >= 0.6 is 0 Å². The molecule has 2 aromatic rings. The second-order valence-electron chi connectivity index (χ2n) is 6.73. The predicted octanol–water partition coefficient (Wildman–Crippen LogP) is 3.95. The van der Waals surface area contributed by atoms with E-state index in [1.54, 1.807) is 0 Å². The summed E-state index contributed by atoms with van der Waals surface area (Å²) in [5.74, 6) is -1.59. The summed E-state index contributed by atoms with van der Waals surface area (Å²) in [5, 5.41) is 5.29. The van der Waals surface area contributed by atoms with Crippen LogP contribution in [-0.4, -0.2) is 24.4 Å². The number of alkyl halides is 3. The molecule has 29 heavy (non-hydrogen) atoms. The number of halogens is 4. The molecule has 0 radical (unpaired) electrons. The zero-order chi connectivity index (χ0) is 21.2. The van der Waals surface area contributed by atoms with E-state index in [4.69, 9.17) is 4.74 Å². The number of hydrogen-bond donors (Lipinski definition) is 2. The first-order valence-electron chi connectivity index (χ1n) is 8.86. The van der Waals surface area contributed by atoms with Crippen LogP contribution in [0.4, 0.5) is 17.6 Å². The molecule has 154 valence electrons. The van der Waals surface area contributed by atoms with E-state index in [0.29, 0.717) is 18.5 Å². The Bertz CT molecular complexity index is 944. The molecule has 1 saturated heterocycles. The summed E-state index contributed by atoms with van der Waals surface area (Å²) >= 11 is 0. The van der Waals surface area contributed by atoms with Crippen molar-refractivity contribution in [3.8, 4) is 11.5 Å². The van der Waals surface area contributed by atoms with Gasteiger partial charge in [-0.2, -0.15) is 13.2 Å². The van der Waals surface area contributed by atoms with Crippen LogP contribution < -0.4 is 15.4 Å². The Morgan fingerprint density at radius 2 is 1.93 bits per heavy atom. The average Bonchev–Trinajstić information content (AvgIpc) is 2.63. The third kappa shape index (κ3) is 5.04. The van der Waals surface area contributed by atoms with Gasteiger partial charge in [-0.3, -0.25) is 9.59 Å². The number of amides is 2. The van der Waals surface area contributed by atoms with Crippen LogP contribution in [0.2, 0.25) is 0 Å². The molecule has 1 aliphatic rings. The number of nitrogens with one attached hydrogen (secondary N) is 2. The van der Waals surface area contributed by atoms with Gasteiger partial charge < -0.3 is 15.4 Å².